The highest BCUT2D eigenvalue weighted by molar-refractivity contribution is 5.97. The number of ketones is 1. The number of nitrogens with one attached hydrogen (secondary N) is 1. The van der Waals surface area contributed by atoms with Crippen LogP contribution in [0.2, 0.25) is 0 Å². The summed E-state index contributed by atoms with van der Waals surface area (Å²) in [5.74, 6) is -1.22. The van der Waals surface area contributed by atoms with Crippen molar-refractivity contribution >= 4 is 17.7 Å². The minimum absolute atomic E-state index is 0.172. The van der Waals surface area contributed by atoms with Gasteiger partial charge in [-0.05, 0) is 24.6 Å². The van der Waals surface area contributed by atoms with Gasteiger partial charge in [0.25, 0.3) is 5.91 Å². The molecule has 2 aromatic rings. The van der Waals surface area contributed by atoms with Gasteiger partial charge in [0.15, 0.2) is 17.9 Å². The number of rotatable bonds is 7. The summed E-state index contributed by atoms with van der Waals surface area (Å²) >= 11 is 0. The Labute approximate surface area is 147 Å². The molecule has 0 saturated heterocycles. The highest BCUT2D eigenvalue weighted by Gasteiger charge is 2.27. The summed E-state index contributed by atoms with van der Waals surface area (Å²) in [6.07, 6.45) is -0.571. The van der Waals surface area contributed by atoms with E-state index in [4.69, 9.17) is 4.74 Å². The van der Waals surface area contributed by atoms with E-state index in [2.05, 4.69) is 5.32 Å². The zero-order valence-electron chi connectivity index (χ0n) is 14.3. The van der Waals surface area contributed by atoms with Crippen LogP contribution in [0.25, 0.3) is 0 Å². The second-order valence-electron chi connectivity index (χ2n) is 5.58. The van der Waals surface area contributed by atoms with Gasteiger partial charge in [0, 0.05) is 12.0 Å². The van der Waals surface area contributed by atoms with Crippen LogP contribution in [0.1, 0.15) is 42.2 Å². The second kappa shape index (κ2) is 8.78. The summed E-state index contributed by atoms with van der Waals surface area (Å²) in [5, 5.41) is 2.69. The number of carbonyl (C=O) groups is 3. The van der Waals surface area contributed by atoms with Gasteiger partial charge in [-0.3, -0.25) is 9.59 Å². The van der Waals surface area contributed by atoms with E-state index in [1.807, 2.05) is 6.07 Å². The van der Waals surface area contributed by atoms with Crippen molar-refractivity contribution in [3.05, 3.63) is 71.8 Å². The van der Waals surface area contributed by atoms with Gasteiger partial charge in [0.05, 0.1) is 0 Å². The minimum Gasteiger partial charge on any atom is -0.453 e. The van der Waals surface area contributed by atoms with E-state index in [9.17, 15) is 14.4 Å². The predicted octanol–water partition coefficient (Wildman–Crippen LogP) is 3.07. The summed E-state index contributed by atoms with van der Waals surface area (Å²) < 4.78 is 5.25. The molecule has 5 heteroatoms. The molecule has 25 heavy (non-hydrogen) atoms. The first-order chi connectivity index (χ1) is 12.0. The molecule has 0 bridgehead atoms. The minimum atomic E-state index is -0.985. The molecule has 0 fully saturated rings. The van der Waals surface area contributed by atoms with E-state index in [-0.39, 0.29) is 18.1 Å². The Balaban J connectivity index is 2.20. The summed E-state index contributed by atoms with van der Waals surface area (Å²) in [6.45, 7) is 3.24. The standard InChI is InChI=1S/C20H21NO4/c1-3-17(22)14(2)25-20(24)18(15-10-6-4-7-11-15)21-19(23)16-12-8-5-9-13-16/h4-14,18H,3H2,1-2H3,(H,21,23). The molecule has 0 aliphatic rings. The van der Waals surface area contributed by atoms with Crippen LogP contribution >= 0.6 is 0 Å². The first-order valence-corrected chi connectivity index (χ1v) is 8.17. The lowest BCUT2D eigenvalue weighted by atomic mass is 10.1. The van der Waals surface area contributed by atoms with E-state index in [1.54, 1.807) is 61.5 Å². The number of hydrogen-bond donors (Lipinski definition) is 1. The Kier molecular flexibility index (Phi) is 6.46. The normalized spacial score (nSPS) is 12.7. The number of hydrogen-bond acceptors (Lipinski definition) is 4. The van der Waals surface area contributed by atoms with Crippen LogP contribution in [0, 0.1) is 0 Å². The van der Waals surface area contributed by atoms with E-state index < -0.39 is 18.1 Å². The second-order valence-corrected chi connectivity index (χ2v) is 5.58. The number of amides is 1. The fourth-order valence-electron chi connectivity index (χ4n) is 2.32. The number of ether oxygens (including phenoxy) is 1. The largest absolute Gasteiger partial charge is 0.453 e. The summed E-state index contributed by atoms with van der Waals surface area (Å²) in [6, 6.07) is 16.4. The van der Waals surface area contributed by atoms with Crippen LogP contribution in [-0.2, 0) is 14.3 Å². The highest BCUT2D eigenvalue weighted by atomic mass is 16.5. The van der Waals surface area contributed by atoms with Gasteiger partial charge in [0.1, 0.15) is 0 Å². The summed E-state index contributed by atoms with van der Waals surface area (Å²) in [4.78, 5) is 36.7. The Morgan fingerprint density at radius 2 is 1.52 bits per heavy atom. The quantitative estimate of drug-likeness (QED) is 0.787. The van der Waals surface area contributed by atoms with Crippen LogP contribution in [-0.4, -0.2) is 23.8 Å². The van der Waals surface area contributed by atoms with Gasteiger partial charge in [-0.2, -0.15) is 0 Å². The van der Waals surface area contributed by atoms with Crippen LogP contribution in [0.15, 0.2) is 60.7 Å². The lowest BCUT2D eigenvalue weighted by Crippen LogP contribution is -2.37. The maximum Gasteiger partial charge on any atom is 0.334 e. The third-order valence-electron chi connectivity index (χ3n) is 3.77. The fraction of sp³-hybridized carbons (Fsp3) is 0.250. The molecule has 0 aliphatic carbocycles. The number of esters is 1. The average Bonchev–Trinajstić information content (AvgIpc) is 2.66. The first-order valence-electron chi connectivity index (χ1n) is 8.17. The molecule has 5 nitrogen and oxygen atoms in total. The Morgan fingerprint density at radius 1 is 0.960 bits per heavy atom. The molecule has 0 radical (unpaired) electrons. The van der Waals surface area contributed by atoms with Gasteiger partial charge < -0.3 is 10.1 Å². The molecular formula is C20H21NO4. The molecule has 0 heterocycles. The van der Waals surface area contributed by atoms with Crippen LogP contribution < -0.4 is 5.32 Å². The third-order valence-corrected chi connectivity index (χ3v) is 3.77. The van der Waals surface area contributed by atoms with E-state index in [1.165, 1.54) is 6.92 Å². The molecule has 0 spiro atoms. The van der Waals surface area contributed by atoms with E-state index in [0.29, 0.717) is 11.1 Å². The van der Waals surface area contributed by atoms with Crippen molar-refractivity contribution in [2.75, 3.05) is 0 Å². The molecule has 2 atom stereocenters. The van der Waals surface area contributed by atoms with Crippen LogP contribution in [0.3, 0.4) is 0 Å². The van der Waals surface area contributed by atoms with Gasteiger partial charge in [0.2, 0.25) is 0 Å². The van der Waals surface area contributed by atoms with Gasteiger partial charge in [-0.1, -0.05) is 55.5 Å². The molecule has 0 aliphatic heterocycles. The van der Waals surface area contributed by atoms with Crippen molar-refractivity contribution in [1.82, 2.24) is 5.32 Å². The van der Waals surface area contributed by atoms with Crippen molar-refractivity contribution in [3.63, 3.8) is 0 Å². The Morgan fingerprint density at radius 3 is 2.08 bits per heavy atom. The number of carbonyl (C=O) groups excluding carboxylic acids is 3. The third kappa shape index (κ3) is 5.01. The maximum absolute atomic E-state index is 12.6. The predicted molar refractivity (Wildman–Crippen MR) is 93.9 cm³/mol. The van der Waals surface area contributed by atoms with E-state index in [0.717, 1.165) is 0 Å². The summed E-state index contributed by atoms with van der Waals surface area (Å²) in [7, 11) is 0. The Hall–Kier alpha value is -2.95. The van der Waals surface area contributed by atoms with Crippen molar-refractivity contribution in [2.24, 2.45) is 0 Å². The molecule has 2 aromatic carbocycles. The van der Waals surface area contributed by atoms with Crippen molar-refractivity contribution in [1.29, 1.82) is 0 Å². The lowest BCUT2D eigenvalue weighted by molar-refractivity contribution is -0.156. The molecule has 1 N–H and O–H groups in total. The van der Waals surface area contributed by atoms with Gasteiger partial charge in [-0.25, -0.2) is 4.79 Å². The van der Waals surface area contributed by atoms with Gasteiger partial charge in [-0.15, -0.1) is 0 Å². The zero-order valence-corrected chi connectivity index (χ0v) is 14.3. The fourth-order valence-corrected chi connectivity index (χ4v) is 2.32. The molecule has 130 valence electrons. The smallest absolute Gasteiger partial charge is 0.334 e. The van der Waals surface area contributed by atoms with Crippen molar-refractivity contribution < 1.29 is 19.1 Å². The lowest BCUT2D eigenvalue weighted by Gasteiger charge is -2.20. The molecule has 2 rings (SSSR count). The highest BCUT2D eigenvalue weighted by Crippen LogP contribution is 2.17. The maximum atomic E-state index is 12.6. The average molecular weight is 339 g/mol. The molecule has 0 aromatic heterocycles. The van der Waals surface area contributed by atoms with Crippen LogP contribution in [0.5, 0.6) is 0 Å². The SMILES string of the molecule is CCC(=O)C(C)OC(=O)C(NC(=O)c1ccccc1)c1ccccc1. The monoisotopic (exact) mass is 339 g/mol. The number of benzene rings is 2. The topological polar surface area (TPSA) is 72.5 Å². The van der Waals surface area contributed by atoms with Gasteiger partial charge >= 0.3 is 5.97 Å². The molecule has 2 unspecified atom stereocenters. The molecule has 0 saturated carbocycles. The zero-order chi connectivity index (χ0) is 18.2. The first kappa shape index (κ1) is 18.4. The Bertz CT molecular complexity index is 728. The molecular weight excluding hydrogens is 318 g/mol. The van der Waals surface area contributed by atoms with Crippen LogP contribution in [0.4, 0.5) is 0 Å². The van der Waals surface area contributed by atoms with Crippen molar-refractivity contribution in [3.8, 4) is 0 Å². The summed E-state index contributed by atoms with van der Waals surface area (Å²) in [5.41, 5.74) is 1.03. The van der Waals surface area contributed by atoms with Crippen molar-refractivity contribution in [2.45, 2.75) is 32.4 Å². The van der Waals surface area contributed by atoms with E-state index >= 15 is 0 Å². The number of Topliss-reactive ketones (excluding diaryl/α,β-unsaturated/α-hetero) is 1. The molecule has 1 amide bonds.